The van der Waals surface area contributed by atoms with Gasteiger partial charge in [-0.2, -0.15) is 0 Å². The molecule has 1 atom stereocenters. The van der Waals surface area contributed by atoms with Crippen molar-refractivity contribution >= 4 is 39.1 Å². The molecular formula is C34H42F3N5O7S. The smallest absolute Gasteiger partial charge is 0.407 e. The monoisotopic (exact) mass is 721 g/mol. The zero-order valence-electron chi connectivity index (χ0n) is 27.8. The van der Waals surface area contributed by atoms with E-state index < -0.39 is 45.2 Å². The number of pyridine rings is 1. The predicted molar refractivity (Wildman–Crippen MR) is 180 cm³/mol. The second-order valence-corrected chi connectivity index (χ2v) is 15.3. The number of hydrogen-bond donors (Lipinski definition) is 2. The first-order valence-corrected chi connectivity index (χ1v) is 18.7. The van der Waals surface area contributed by atoms with Gasteiger partial charge in [0.2, 0.25) is 0 Å². The van der Waals surface area contributed by atoms with Gasteiger partial charge in [-0.3, -0.25) is 9.36 Å². The number of fused-ring (bicyclic) bond motifs is 1. The minimum atomic E-state index is -3.54. The van der Waals surface area contributed by atoms with E-state index in [1.807, 2.05) is 0 Å². The van der Waals surface area contributed by atoms with E-state index in [1.165, 1.54) is 23.0 Å². The van der Waals surface area contributed by atoms with Gasteiger partial charge in [0.15, 0.2) is 0 Å². The summed E-state index contributed by atoms with van der Waals surface area (Å²) in [5.74, 6) is -6.03. The highest BCUT2D eigenvalue weighted by Crippen LogP contribution is 2.44. The number of amides is 1. The fraction of sp³-hybridized carbons (Fsp3) is 0.559. The number of carboxylic acid groups (broad SMARTS) is 1. The zero-order valence-corrected chi connectivity index (χ0v) is 28.6. The van der Waals surface area contributed by atoms with E-state index in [-0.39, 0.29) is 79.7 Å². The van der Waals surface area contributed by atoms with E-state index in [2.05, 4.69) is 15.3 Å². The zero-order chi connectivity index (χ0) is 36.1. The molecule has 0 unspecified atom stereocenters. The van der Waals surface area contributed by atoms with Crippen LogP contribution in [0.25, 0.3) is 11.0 Å². The molecule has 272 valence electrons. The van der Waals surface area contributed by atoms with Crippen LogP contribution in [0.2, 0.25) is 0 Å². The maximum Gasteiger partial charge on any atom is 0.407 e. The number of unbranched alkanes of at least 4 members (excludes halogenated alkanes) is 1. The predicted octanol–water partition coefficient (Wildman–Crippen LogP) is 5.26. The van der Waals surface area contributed by atoms with Crippen molar-refractivity contribution in [2.45, 2.75) is 76.3 Å². The van der Waals surface area contributed by atoms with E-state index in [0.717, 1.165) is 17.3 Å². The minimum absolute atomic E-state index is 0.0327. The number of rotatable bonds is 14. The van der Waals surface area contributed by atoms with Gasteiger partial charge in [-0.05, 0) is 57.4 Å². The van der Waals surface area contributed by atoms with Crippen LogP contribution in [0.4, 0.5) is 23.8 Å². The standard InChI is InChI=1S/C34H42F3N5O7S/c1-22(25-6-4-7-28(29(25)35)34(36,37)24-8-13-41(14-9-24)33(45)46)40-30-27-20-26(23-10-18-50(47,48)19-11-23)32(44)42(31(27)39-21-38-30)12-5-17-49-16-3-2-15-43/h4,6-7,15,20-24H,2-3,5,8-14,16-19H2,1H3,(H,45,46)(H,38,39,40)/t22-/m1/s1. The highest BCUT2D eigenvalue weighted by atomic mass is 32.2. The third-order valence-corrected chi connectivity index (χ3v) is 11.4. The van der Waals surface area contributed by atoms with E-state index in [4.69, 9.17) is 4.74 Å². The molecule has 2 aliphatic rings. The number of aryl methyl sites for hydroxylation is 1. The molecular weight excluding hydrogens is 679 g/mol. The molecule has 50 heavy (non-hydrogen) atoms. The first-order valence-electron chi connectivity index (χ1n) is 16.9. The van der Waals surface area contributed by atoms with Crippen LogP contribution in [0.15, 0.2) is 35.4 Å². The molecule has 2 aromatic heterocycles. The molecule has 0 radical (unpaired) electrons. The van der Waals surface area contributed by atoms with Crippen LogP contribution in [-0.4, -0.2) is 83.1 Å². The maximum atomic E-state index is 16.0. The van der Waals surface area contributed by atoms with Gasteiger partial charge in [-0.1, -0.05) is 18.2 Å². The van der Waals surface area contributed by atoms with E-state index in [1.54, 1.807) is 13.0 Å². The van der Waals surface area contributed by atoms with E-state index >= 15 is 13.2 Å². The molecule has 0 aliphatic carbocycles. The van der Waals surface area contributed by atoms with Crippen LogP contribution in [0.5, 0.6) is 0 Å². The molecule has 2 fully saturated rings. The Bertz CT molecular complexity index is 1850. The van der Waals surface area contributed by atoms with Crippen molar-refractivity contribution in [2.24, 2.45) is 5.92 Å². The molecule has 5 rings (SSSR count). The lowest BCUT2D eigenvalue weighted by molar-refractivity contribution is -0.108. The number of carbonyl (C=O) groups is 2. The third-order valence-electron chi connectivity index (χ3n) is 9.67. The number of sulfone groups is 1. The van der Waals surface area contributed by atoms with Crippen LogP contribution >= 0.6 is 0 Å². The molecule has 0 spiro atoms. The first-order chi connectivity index (χ1) is 23.8. The van der Waals surface area contributed by atoms with Crippen molar-refractivity contribution in [1.29, 1.82) is 0 Å². The summed E-state index contributed by atoms with van der Waals surface area (Å²) in [6, 6.07) is 4.60. The van der Waals surface area contributed by atoms with Crippen molar-refractivity contribution in [3.63, 3.8) is 0 Å². The second-order valence-electron chi connectivity index (χ2n) is 13.0. The molecule has 1 amide bonds. The van der Waals surface area contributed by atoms with Gasteiger partial charge < -0.3 is 24.9 Å². The number of aromatic nitrogens is 3. The van der Waals surface area contributed by atoms with Crippen molar-refractivity contribution in [3.05, 3.63) is 63.5 Å². The molecule has 2 aliphatic heterocycles. The quantitative estimate of drug-likeness (QED) is 0.166. The molecule has 4 heterocycles. The van der Waals surface area contributed by atoms with Crippen molar-refractivity contribution in [2.75, 3.05) is 43.1 Å². The normalized spacial score (nSPS) is 17.9. The summed E-state index contributed by atoms with van der Waals surface area (Å²) in [6.45, 7) is 2.43. The number of anilines is 1. The number of halogens is 3. The van der Waals surface area contributed by atoms with E-state index in [0.29, 0.717) is 49.1 Å². The van der Waals surface area contributed by atoms with Crippen molar-refractivity contribution in [3.8, 4) is 0 Å². The Kier molecular flexibility index (Phi) is 11.8. The maximum absolute atomic E-state index is 16.0. The second kappa shape index (κ2) is 15.9. The average molecular weight is 722 g/mol. The number of ether oxygens (including phenoxy) is 1. The van der Waals surface area contributed by atoms with Gasteiger partial charge in [0, 0.05) is 56.3 Å². The van der Waals surface area contributed by atoms with Crippen LogP contribution in [0.3, 0.4) is 0 Å². The number of carbonyl (C=O) groups excluding carboxylic acids is 1. The summed E-state index contributed by atoms with van der Waals surface area (Å²) in [6.07, 6.45) is 2.65. The molecule has 2 N–H and O–H groups in total. The summed E-state index contributed by atoms with van der Waals surface area (Å²) >= 11 is 0. The topological polar surface area (TPSA) is 161 Å². The van der Waals surface area contributed by atoms with Gasteiger partial charge in [0.05, 0.1) is 28.5 Å². The molecule has 16 heteroatoms. The first kappa shape index (κ1) is 37.2. The molecule has 3 aromatic rings. The largest absolute Gasteiger partial charge is 0.465 e. The van der Waals surface area contributed by atoms with Crippen molar-refractivity contribution in [1.82, 2.24) is 19.4 Å². The van der Waals surface area contributed by atoms with Crippen LogP contribution in [0, 0.1) is 11.7 Å². The number of aldehydes is 1. The third kappa shape index (κ3) is 8.28. The van der Waals surface area contributed by atoms with Gasteiger partial charge in [-0.25, -0.2) is 36.4 Å². The summed E-state index contributed by atoms with van der Waals surface area (Å²) in [7, 11) is -3.20. The lowest BCUT2D eigenvalue weighted by atomic mass is 9.85. The molecule has 12 nitrogen and oxygen atoms in total. The Labute approximate surface area is 288 Å². The Hall–Kier alpha value is -4.05. The SMILES string of the molecule is C[C@@H](Nc1ncnc2c1cc(C1CCS(=O)(=O)CC1)c(=O)n2CCCOCCCC=O)c1cccc(C(F)(F)C2CCN(C(=O)O)CC2)c1F. The molecule has 2 saturated heterocycles. The summed E-state index contributed by atoms with van der Waals surface area (Å²) in [4.78, 5) is 45.5. The fourth-order valence-corrected chi connectivity index (χ4v) is 8.28. The van der Waals surface area contributed by atoms with Crippen LogP contribution in [0.1, 0.15) is 80.5 Å². The van der Waals surface area contributed by atoms with Gasteiger partial charge in [0.1, 0.15) is 39.7 Å². The van der Waals surface area contributed by atoms with Crippen LogP contribution < -0.4 is 10.9 Å². The lowest BCUT2D eigenvalue weighted by Crippen LogP contribution is -2.42. The van der Waals surface area contributed by atoms with Gasteiger partial charge in [0.25, 0.3) is 11.5 Å². The van der Waals surface area contributed by atoms with E-state index in [9.17, 15) is 27.9 Å². The number of benzene rings is 1. The highest BCUT2D eigenvalue weighted by Gasteiger charge is 2.45. The summed E-state index contributed by atoms with van der Waals surface area (Å²) in [5.41, 5.74) is -0.403. The molecule has 0 saturated carbocycles. The fourth-order valence-electron chi connectivity index (χ4n) is 6.79. The summed E-state index contributed by atoms with van der Waals surface area (Å²) in [5, 5.41) is 12.8. The number of hydrogen-bond acceptors (Lipinski definition) is 9. The number of alkyl halides is 2. The Morgan fingerprint density at radius 1 is 1.14 bits per heavy atom. The minimum Gasteiger partial charge on any atom is -0.465 e. The number of nitrogens with zero attached hydrogens (tertiary/aromatic N) is 4. The van der Waals surface area contributed by atoms with Crippen LogP contribution in [-0.2, 0) is 31.8 Å². The van der Waals surface area contributed by atoms with Gasteiger partial charge in [-0.15, -0.1) is 0 Å². The number of nitrogens with one attached hydrogen (secondary N) is 1. The Morgan fingerprint density at radius 2 is 1.84 bits per heavy atom. The Morgan fingerprint density at radius 3 is 2.52 bits per heavy atom. The van der Waals surface area contributed by atoms with Gasteiger partial charge >= 0.3 is 6.09 Å². The van der Waals surface area contributed by atoms with Crippen molar-refractivity contribution < 1.29 is 41.0 Å². The highest BCUT2D eigenvalue weighted by molar-refractivity contribution is 7.91. The number of piperidine rings is 1. The average Bonchev–Trinajstić information content (AvgIpc) is 3.08. The lowest BCUT2D eigenvalue weighted by Gasteiger charge is -2.35. The number of likely N-dealkylation sites (tertiary alicyclic amines) is 1. The molecule has 1 aromatic carbocycles. The summed E-state index contributed by atoms with van der Waals surface area (Å²) < 4.78 is 78.9. The molecule has 0 bridgehead atoms. The Balaban J connectivity index is 1.44.